The largest absolute Gasteiger partial charge is 0.506 e. The van der Waals surface area contributed by atoms with Gasteiger partial charge in [-0.25, -0.2) is 0 Å². The van der Waals surface area contributed by atoms with Crippen molar-refractivity contribution >= 4 is 11.6 Å². The third kappa shape index (κ3) is 4.36. The molecule has 0 unspecified atom stereocenters. The third-order valence-corrected chi connectivity index (χ3v) is 4.12. The third-order valence-electron chi connectivity index (χ3n) is 4.12. The summed E-state index contributed by atoms with van der Waals surface area (Å²) >= 11 is 0. The fraction of sp³-hybridized carbons (Fsp3) is 0.562. The second-order valence-corrected chi connectivity index (χ2v) is 5.78. The van der Waals surface area contributed by atoms with Crippen molar-refractivity contribution in [3.8, 4) is 5.75 Å². The van der Waals surface area contributed by atoms with E-state index in [0.29, 0.717) is 12.3 Å². The van der Waals surface area contributed by atoms with E-state index in [2.05, 4.69) is 17.1 Å². The molecule has 5 heteroatoms. The standard InChI is InChI=1S/C16H25N3O2/c1-3-13(2)17-16(21)12-18-8-10-19(11-9-18)14-6-4-5-7-15(14)20/h4-7,13,20H,3,8-12H2,1-2H3,(H,17,21)/p+1/t13-/m0/s1. The summed E-state index contributed by atoms with van der Waals surface area (Å²) in [5.74, 6) is 0.464. The Morgan fingerprint density at radius 1 is 1.38 bits per heavy atom. The van der Waals surface area contributed by atoms with Crippen molar-refractivity contribution < 1.29 is 14.8 Å². The second-order valence-electron chi connectivity index (χ2n) is 5.78. The zero-order valence-electron chi connectivity index (χ0n) is 12.9. The van der Waals surface area contributed by atoms with Gasteiger partial charge in [0.15, 0.2) is 6.54 Å². The van der Waals surface area contributed by atoms with Crippen LogP contribution in [0.25, 0.3) is 0 Å². The van der Waals surface area contributed by atoms with Gasteiger partial charge in [-0.1, -0.05) is 19.1 Å². The minimum Gasteiger partial charge on any atom is -0.506 e. The first kappa shape index (κ1) is 15.6. The zero-order chi connectivity index (χ0) is 15.2. The molecule has 1 aromatic rings. The van der Waals surface area contributed by atoms with Crippen molar-refractivity contribution in [2.75, 3.05) is 37.6 Å². The van der Waals surface area contributed by atoms with Gasteiger partial charge in [0.05, 0.1) is 31.9 Å². The molecule has 0 radical (unpaired) electrons. The van der Waals surface area contributed by atoms with E-state index in [0.717, 1.165) is 38.3 Å². The number of benzene rings is 1. The molecule has 1 aliphatic heterocycles. The molecule has 116 valence electrons. The van der Waals surface area contributed by atoms with Crippen LogP contribution in [0.5, 0.6) is 5.75 Å². The highest BCUT2D eigenvalue weighted by molar-refractivity contribution is 5.77. The predicted molar refractivity (Wildman–Crippen MR) is 83.8 cm³/mol. The van der Waals surface area contributed by atoms with E-state index in [1.54, 1.807) is 6.07 Å². The summed E-state index contributed by atoms with van der Waals surface area (Å²) in [6.45, 7) is 8.21. The Labute approximate surface area is 126 Å². The van der Waals surface area contributed by atoms with Gasteiger partial charge in [0.25, 0.3) is 5.91 Å². The molecular formula is C16H26N3O2+. The van der Waals surface area contributed by atoms with Crippen LogP contribution in [0, 0.1) is 0 Å². The fourth-order valence-electron chi connectivity index (χ4n) is 2.63. The number of hydrogen-bond acceptors (Lipinski definition) is 3. The van der Waals surface area contributed by atoms with E-state index in [-0.39, 0.29) is 11.9 Å². The molecule has 1 atom stereocenters. The SMILES string of the molecule is CC[C@H](C)NC(=O)C[NH+]1CCN(c2ccccc2O)CC1. The molecule has 1 aromatic carbocycles. The number of carbonyl (C=O) groups excluding carboxylic acids is 1. The smallest absolute Gasteiger partial charge is 0.275 e. The van der Waals surface area contributed by atoms with Crippen molar-refractivity contribution in [3.63, 3.8) is 0 Å². The van der Waals surface area contributed by atoms with Gasteiger partial charge in [-0.2, -0.15) is 0 Å². The number of quaternary nitrogens is 1. The van der Waals surface area contributed by atoms with E-state index in [9.17, 15) is 9.90 Å². The highest BCUT2D eigenvalue weighted by atomic mass is 16.3. The van der Waals surface area contributed by atoms with E-state index < -0.39 is 0 Å². The maximum absolute atomic E-state index is 11.9. The molecule has 1 fully saturated rings. The van der Waals surface area contributed by atoms with Crippen molar-refractivity contribution in [2.45, 2.75) is 26.3 Å². The highest BCUT2D eigenvalue weighted by Gasteiger charge is 2.23. The van der Waals surface area contributed by atoms with Gasteiger partial charge in [-0.3, -0.25) is 4.79 Å². The molecule has 1 aliphatic rings. The average Bonchev–Trinajstić information content (AvgIpc) is 2.48. The van der Waals surface area contributed by atoms with Crippen LogP contribution >= 0.6 is 0 Å². The summed E-state index contributed by atoms with van der Waals surface area (Å²) in [6.07, 6.45) is 0.960. The van der Waals surface area contributed by atoms with Crippen molar-refractivity contribution in [1.82, 2.24) is 5.32 Å². The minimum absolute atomic E-state index is 0.135. The van der Waals surface area contributed by atoms with Crippen LogP contribution in [0.3, 0.4) is 0 Å². The van der Waals surface area contributed by atoms with Crippen LogP contribution in [0.15, 0.2) is 24.3 Å². The number of anilines is 1. The topological polar surface area (TPSA) is 57.0 Å². The lowest BCUT2D eigenvalue weighted by molar-refractivity contribution is -0.892. The van der Waals surface area contributed by atoms with E-state index >= 15 is 0 Å². The number of carbonyl (C=O) groups is 1. The number of amides is 1. The van der Waals surface area contributed by atoms with Crippen LogP contribution in [-0.4, -0.2) is 49.8 Å². The molecule has 5 nitrogen and oxygen atoms in total. The Bertz CT molecular complexity index is 470. The van der Waals surface area contributed by atoms with Gasteiger partial charge < -0.3 is 20.2 Å². The van der Waals surface area contributed by atoms with Gasteiger partial charge in [0, 0.05) is 6.04 Å². The number of phenols is 1. The number of piperazine rings is 1. The van der Waals surface area contributed by atoms with Crippen LogP contribution in [0.4, 0.5) is 5.69 Å². The monoisotopic (exact) mass is 292 g/mol. The van der Waals surface area contributed by atoms with E-state index in [1.807, 2.05) is 25.1 Å². The Hall–Kier alpha value is -1.75. The maximum Gasteiger partial charge on any atom is 0.275 e. The Kier molecular flexibility index (Phi) is 5.44. The summed E-state index contributed by atoms with van der Waals surface area (Å²) < 4.78 is 0. The Morgan fingerprint density at radius 3 is 2.67 bits per heavy atom. The van der Waals surface area contributed by atoms with Gasteiger partial charge in [-0.15, -0.1) is 0 Å². The summed E-state index contributed by atoms with van der Waals surface area (Å²) in [5.41, 5.74) is 0.889. The number of hydrogen-bond donors (Lipinski definition) is 3. The molecule has 2 rings (SSSR count). The molecule has 1 saturated heterocycles. The summed E-state index contributed by atoms with van der Waals surface area (Å²) in [5, 5.41) is 12.9. The lowest BCUT2D eigenvalue weighted by atomic mass is 10.2. The van der Waals surface area contributed by atoms with E-state index in [1.165, 1.54) is 4.90 Å². The molecular weight excluding hydrogens is 266 g/mol. The van der Waals surface area contributed by atoms with Crippen molar-refractivity contribution in [2.24, 2.45) is 0 Å². The molecule has 0 aromatic heterocycles. The molecule has 3 N–H and O–H groups in total. The normalized spacial score (nSPS) is 17.5. The lowest BCUT2D eigenvalue weighted by Crippen LogP contribution is -3.16. The zero-order valence-corrected chi connectivity index (χ0v) is 12.9. The highest BCUT2D eigenvalue weighted by Crippen LogP contribution is 2.25. The maximum atomic E-state index is 11.9. The predicted octanol–water partition coefficient (Wildman–Crippen LogP) is 0.0118. The molecule has 0 saturated carbocycles. The first-order valence-corrected chi connectivity index (χ1v) is 7.76. The number of para-hydroxylation sites is 2. The Morgan fingerprint density at radius 2 is 2.05 bits per heavy atom. The fourth-order valence-corrected chi connectivity index (χ4v) is 2.63. The van der Waals surface area contributed by atoms with Crippen molar-refractivity contribution in [1.29, 1.82) is 0 Å². The van der Waals surface area contributed by atoms with Gasteiger partial charge >= 0.3 is 0 Å². The number of phenolic OH excluding ortho intramolecular Hbond substituents is 1. The van der Waals surface area contributed by atoms with Crippen LogP contribution < -0.4 is 15.1 Å². The summed E-state index contributed by atoms with van der Waals surface area (Å²) in [6, 6.07) is 7.68. The first-order valence-electron chi connectivity index (χ1n) is 7.76. The molecule has 0 aliphatic carbocycles. The molecule has 1 amide bonds. The van der Waals surface area contributed by atoms with Crippen LogP contribution in [0.2, 0.25) is 0 Å². The van der Waals surface area contributed by atoms with Gasteiger partial charge in [0.2, 0.25) is 0 Å². The quantitative estimate of drug-likeness (QED) is 0.717. The average molecular weight is 292 g/mol. The Balaban J connectivity index is 1.81. The molecule has 21 heavy (non-hydrogen) atoms. The molecule has 0 spiro atoms. The second kappa shape index (κ2) is 7.31. The molecule has 1 heterocycles. The van der Waals surface area contributed by atoms with E-state index in [4.69, 9.17) is 0 Å². The minimum atomic E-state index is 0.135. The molecule has 0 bridgehead atoms. The summed E-state index contributed by atoms with van der Waals surface area (Å²) in [4.78, 5) is 15.4. The lowest BCUT2D eigenvalue weighted by Gasteiger charge is -2.33. The number of rotatable bonds is 5. The van der Waals surface area contributed by atoms with Crippen LogP contribution in [-0.2, 0) is 4.79 Å². The summed E-state index contributed by atoms with van der Waals surface area (Å²) in [7, 11) is 0. The van der Waals surface area contributed by atoms with Gasteiger partial charge in [-0.05, 0) is 25.5 Å². The van der Waals surface area contributed by atoms with Gasteiger partial charge in [0.1, 0.15) is 5.75 Å². The van der Waals surface area contributed by atoms with Crippen LogP contribution in [0.1, 0.15) is 20.3 Å². The van der Waals surface area contributed by atoms with Crippen molar-refractivity contribution in [3.05, 3.63) is 24.3 Å². The number of aromatic hydroxyl groups is 1. The number of nitrogens with one attached hydrogen (secondary N) is 2. The first-order chi connectivity index (χ1) is 10.1. The number of nitrogens with zero attached hydrogens (tertiary/aromatic N) is 1.